The number of unbranched alkanes of at least 4 members (excludes halogenated alkanes) is 1. The lowest BCUT2D eigenvalue weighted by atomic mass is 9.96. The van der Waals surface area contributed by atoms with Gasteiger partial charge in [-0.1, -0.05) is 32.6 Å². The molecule has 1 aliphatic heterocycles. The van der Waals surface area contributed by atoms with Crippen LogP contribution in [0, 0.1) is 0 Å². The zero-order valence-electron chi connectivity index (χ0n) is 19.4. The van der Waals surface area contributed by atoms with E-state index in [9.17, 15) is 0 Å². The Bertz CT molecular complexity index is 807. The van der Waals surface area contributed by atoms with Crippen LogP contribution in [0.3, 0.4) is 0 Å². The van der Waals surface area contributed by atoms with E-state index in [2.05, 4.69) is 61.2 Å². The number of hydrogen-bond acceptors (Lipinski definition) is 4. The molecule has 4 rings (SSSR count). The molecular formula is C25H38N6S. The van der Waals surface area contributed by atoms with Gasteiger partial charge in [0.15, 0.2) is 5.11 Å². The molecule has 1 aromatic heterocycles. The van der Waals surface area contributed by atoms with Crippen molar-refractivity contribution in [1.82, 2.24) is 20.2 Å². The number of H-pyrrole nitrogens is 1. The molecule has 1 saturated heterocycles. The number of rotatable bonds is 8. The van der Waals surface area contributed by atoms with Crippen LogP contribution in [0.1, 0.15) is 57.6 Å². The SMILES string of the molecule is CCCCN(Cc1cnc[nH]1)c1ccc(N2CCN(C(=S)NC3CCCCC3)CC2)cc1. The van der Waals surface area contributed by atoms with Gasteiger partial charge >= 0.3 is 0 Å². The molecule has 2 aromatic rings. The monoisotopic (exact) mass is 454 g/mol. The highest BCUT2D eigenvalue weighted by Gasteiger charge is 2.22. The predicted molar refractivity (Wildman–Crippen MR) is 137 cm³/mol. The lowest BCUT2D eigenvalue weighted by Gasteiger charge is -2.38. The van der Waals surface area contributed by atoms with Crippen molar-refractivity contribution in [3.8, 4) is 0 Å². The lowest BCUT2D eigenvalue weighted by Crippen LogP contribution is -2.53. The van der Waals surface area contributed by atoms with Gasteiger partial charge in [-0.15, -0.1) is 0 Å². The highest BCUT2D eigenvalue weighted by atomic mass is 32.1. The Labute approximate surface area is 198 Å². The third-order valence-electron chi connectivity index (χ3n) is 6.78. The number of benzene rings is 1. The Morgan fingerprint density at radius 3 is 2.53 bits per heavy atom. The third kappa shape index (κ3) is 6.15. The van der Waals surface area contributed by atoms with E-state index in [1.807, 2.05) is 6.20 Å². The summed E-state index contributed by atoms with van der Waals surface area (Å²) in [6.45, 7) is 8.17. The Morgan fingerprint density at radius 2 is 1.88 bits per heavy atom. The lowest BCUT2D eigenvalue weighted by molar-refractivity contribution is 0.355. The summed E-state index contributed by atoms with van der Waals surface area (Å²) in [6.07, 6.45) is 12.6. The standard InChI is InChI=1S/C25H38N6S/c1-2-3-13-31(19-22-18-26-20-27-22)24-11-9-23(10-12-24)29-14-16-30(17-15-29)25(32)28-21-7-5-4-6-8-21/h9-12,18,20-21H,2-8,13-17,19H2,1H3,(H,26,27)(H,28,32). The summed E-state index contributed by atoms with van der Waals surface area (Å²) in [5.74, 6) is 0. The molecule has 1 aliphatic carbocycles. The fraction of sp³-hybridized carbons (Fsp3) is 0.600. The van der Waals surface area contributed by atoms with Gasteiger partial charge in [-0.25, -0.2) is 4.98 Å². The van der Waals surface area contributed by atoms with Crippen molar-refractivity contribution < 1.29 is 0 Å². The molecule has 1 aromatic carbocycles. The van der Waals surface area contributed by atoms with Gasteiger partial charge in [-0.3, -0.25) is 0 Å². The van der Waals surface area contributed by atoms with Crippen molar-refractivity contribution in [3.63, 3.8) is 0 Å². The van der Waals surface area contributed by atoms with Crippen LogP contribution in [0.4, 0.5) is 11.4 Å². The molecule has 0 spiro atoms. The summed E-state index contributed by atoms with van der Waals surface area (Å²) in [5.41, 5.74) is 3.73. The van der Waals surface area contributed by atoms with Crippen LogP contribution >= 0.6 is 12.2 Å². The average Bonchev–Trinajstić information content (AvgIpc) is 3.36. The number of nitrogens with zero attached hydrogens (tertiary/aromatic N) is 4. The summed E-state index contributed by atoms with van der Waals surface area (Å²) < 4.78 is 0. The molecule has 2 aliphatic rings. The summed E-state index contributed by atoms with van der Waals surface area (Å²) in [5, 5.41) is 4.58. The second-order valence-electron chi connectivity index (χ2n) is 9.13. The fourth-order valence-corrected chi connectivity index (χ4v) is 5.13. The first kappa shape index (κ1) is 22.9. The van der Waals surface area contributed by atoms with Gasteiger partial charge in [0.2, 0.25) is 0 Å². The number of aromatic nitrogens is 2. The normalized spacial score (nSPS) is 17.4. The molecule has 6 nitrogen and oxygen atoms in total. The minimum Gasteiger partial charge on any atom is -0.368 e. The van der Waals surface area contributed by atoms with Crippen molar-refractivity contribution in [3.05, 3.63) is 42.5 Å². The first-order valence-electron chi connectivity index (χ1n) is 12.4. The van der Waals surface area contributed by atoms with Crippen LogP contribution in [-0.2, 0) is 6.54 Å². The van der Waals surface area contributed by atoms with Crippen LogP contribution in [-0.4, -0.2) is 58.7 Å². The number of nitrogens with one attached hydrogen (secondary N) is 2. The van der Waals surface area contributed by atoms with Crippen LogP contribution in [0.2, 0.25) is 0 Å². The van der Waals surface area contributed by atoms with Crippen molar-refractivity contribution in [2.24, 2.45) is 0 Å². The number of thiocarbonyl (C=S) groups is 1. The minimum atomic E-state index is 0.583. The Hall–Kier alpha value is -2.28. The van der Waals surface area contributed by atoms with Gasteiger partial charge in [0.1, 0.15) is 0 Å². The van der Waals surface area contributed by atoms with Crippen LogP contribution in [0.5, 0.6) is 0 Å². The number of piperazine rings is 1. The molecule has 0 unspecified atom stereocenters. The Kier molecular flexibility index (Phi) is 8.26. The van der Waals surface area contributed by atoms with Crippen LogP contribution in [0.25, 0.3) is 0 Å². The van der Waals surface area contributed by atoms with Crippen LogP contribution < -0.4 is 15.1 Å². The first-order valence-corrected chi connectivity index (χ1v) is 12.8. The highest BCUT2D eigenvalue weighted by Crippen LogP contribution is 2.24. The fourth-order valence-electron chi connectivity index (χ4n) is 4.78. The smallest absolute Gasteiger partial charge is 0.169 e. The van der Waals surface area contributed by atoms with Gasteiger partial charge in [-0.05, 0) is 55.7 Å². The van der Waals surface area contributed by atoms with Gasteiger partial charge in [0.25, 0.3) is 0 Å². The summed E-state index contributed by atoms with van der Waals surface area (Å²) in [7, 11) is 0. The average molecular weight is 455 g/mol. The summed E-state index contributed by atoms with van der Waals surface area (Å²) >= 11 is 5.72. The van der Waals surface area contributed by atoms with Gasteiger partial charge in [-0.2, -0.15) is 0 Å². The van der Waals surface area contributed by atoms with E-state index < -0.39 is 0 Å². The van der Waals surface area contributed by atoms with Gasteiger partial charge in [0, 0.05) is 56.3 Å². The van der Waals surface area contributed by atoms with Crippen molar-refractivity contribution in [1.29, 1.82) is 0 Å². The minimum absolute atomic E-state index is 0.583. The maximum absolute atomic E-state index is 5.72. The second kappa shape index (κ2) is 11.5. The van der Waals surface area contributed by atoms with Crippen LogP contribution in [0.15, 0.2) is 36.8 Å². The van der Waals surface area contributed by atoms with Gasteiger partial charge < -0.3 is 25.0 Å². The molecule has 0 atom stereocenters. The number of anilines is 2. The van der Waals surface area contributed by atoms with Gasteiger partial charge in [0.05, 0.1) is 18.6 Å². The maximum atomic E-state index is 5.72. The van der Waals surface area contributed by atoms with Crippen molar-refractivity contribution in [2.75, 3.05) is 42.5 Å². The molecule has 174 valence electrons. The summed E-state index contributed by atoms with van der Waals surface area (Å²) in [6, 6.07) is 9.66. The first-order chi connectivity index (χ1) is 15.7. The molecule has 2 N–H and O–H groups in total. The molecule has 2 fully saturated rings. The Balaban J connectivity index is 1.30. The number of aromatic amines is 1. The molecule has 0 radical (unpaired) electrons. The predicted octanol–water partition coefficient (Wildman–Crippen LogP) is 4.55. The zero-order valence-corrected chi connectivity index (χ0v) is 20.2. The maximum Gasteiger partial charge on any atom is 0.169 e. The molecule has 7 heteroatoms. The molecular weight excluding hydrogens is 416 g/mol. The molecule has 2 heterocycles. The molecule has 32 heavy (non-hydrogen) atoms. The van der Waals surface area contributed by atoms with E-state index in [1.54, 1.807) is 6.33 Å². The number of hydrogen-bond donors (Lipinski definition) is 2. The molecule has 0 bridgehead atoms. The molecule has 1 saturated carbocycles. The third-order valence-corrected chi connectivity index (χ3v) is 7.15. The van der Waals surface area contributed by atoms with E-state index >= 15 is 0 Å². The number of imidazole rings is 1. The topological polar surface area (TPSA) is 50.4 Å². The molecule has 0 amide bonds. The summed E-state index contributed by atoms with van der Waals surface area (Å²) in [4.78, 5) is 14.7. The van der Waals surface area contributed by atoms with E-state index in [-0.39, 0.29) is 0 Å². The van der Waals surface area contributed by atoms with E-state index in [4.69, 9.17) is 12.2 Å². The Morgan fingerprint density at radius 1 is 1.12 bits per heavy atom. The van der Waals surface area contributed by atoms with Crippen molar-refractivity contribution in [2.45, 2.75) is 64.5 Å². The second-order valence-corrected chi connectivity index (χ2v) is 9.51. The quantitative estimate of drug-likeness (QED) is 0.571. The van der Waals surface area contributed by atoms with Crippen molar-refractivity contribution >= 4 is 28.7 Å². The zero-order chi connectivity index (χ0) is 22.2. The van der Waals surface area contributed by atoms with E-state index in [1.165, 1.54) is 56.3 Å². The largest absolute Gasteiger partial charge is 0.368 e. The van der Waals surface area contributed by atoms with E-state index in [0.29, 0.717) is 6.04 Å². The van der Waals surface area contributed by atoms with E-state index in [0.717, 1.165) is 50.1 Å². The highest BCUT2D eigenvalue weighted by molar-refractivity contribution is 7.80.